The zero-order chi connectivity index (χ0) is 48.3. The molecule has 0 aliphatic carbocycles. The van der Waals surface area contributed by atoms with Gasteiger partial charge in [-0.15, -0.1) is 0 Å². The molecule has 10 atom stereocenters. The van der Waals surface area contributed by atoms with Crippen LogP contribution in [0, 0.1) is 17.8 Å². The predicted molar refractivity (Wildman–Crippen MR) is 236 cm³/mol. The number of rotatable bonds is 22. The Balaban J connectivity index is 2.42. The summed E-state index contributed by atoms with van der Waals surface area (Å²) in [6.45, 7) is 11.4. The van der Waals surface area contributed by atoms with Crippen molar-refractivity contribution < 1.29 is 53.3 Å². The van der Waals surface area contributed by atoms with Gasteiger partial charge in [-0.1, -0.05) is 71.9 Å². The molecule has 1 aromatic carbocycles. The number of carbonyl (C=O) groups excluding carboxylic acids is 8. The van der Waals surface area contributed by atoms with E-state index in [1.54, 1.807) is 13.8 Å². The van der Waals surface area contributed by atoms with Crippen LogP contribution in [0.5, 0.6) is 0 Å². The molecule has 0 spiro atoms. The fraction of sp³-hybridized carbons (Fsp3) is 0.674. The molecule has 1 unspecified atom stereocenters. The number of hydrogen-bond donors (Lipinski definition) is 12. The smallest absolute Gasteiger partial charge is 0.329 e. The average Bonchev–Trinajstić information content (AvgIpc) is 3.22. The molecule has 2 rings (SSSR count). The second-order valence-corrected chi connectivity index (χ2v) is 17.6. The number of nitrogens with two attached hydrogens (primary N) is 3. The number of nitrogens with one attached hydrogen (secondary N) is 7. The molecule has 1 heterocycles. The van der Waals surface area contributed by atoms with E-state index in [0.29, 0.717) is 12.8 Å². The lowest BCUT2D eigenvalue weighted by Crippen LogP contribution is -2.65. The molecule has 1 aliphatic rings. The summed E-state index contributed by atoms with van der Waals surface area (Å²) in [6.07, 6.45) is -2.73. The quantitative estimate of drug-likeness (QED) is 0.0324. The maximum atomic E-state index is 13.9. The van der Waals surface area contributed by atoms with Gasteiger partial charge < -0.3 is 69.4 Å². The van der Waals surface area contributed by atoms with E-state index in [-0.39, 0.29) is 56.4 Å². The predicted octanol–water partition coefficient (Wildman–Crippen LogP) is -2.57. The van der Waals surface area contributed by atoms with Gasteiger partial charge in [-0.3, -0.25) is 33.6 Å². The maximum Gasteiger partial charge on any atom is 0.329 e. The van der Waals surface area contributed by atoms with E-state index in [0.717, 1.165) is 5.56 Å². The van der Waals surface area contributed by atoms with Crippen LogP contribution in [0.2, 0.25) is 0 Å². The van der Waals surface area contributed by atoms with Gasteiger partial charge in [0.15, 0.2) is 6.10 Å². The van der Waals surface area contributed by atoms with Crippen molar-refractivity contribution in [2.75, 3.05) is 13.2 Å². The van der Waals surface area contributed by atoms with Crippen molar-refractivity contribution in [3.8, 4) is 0 Å². The first-order valence-corrected chi connectivity index (χ1v) is 21.9. The number of amides is 7. The lowest BCUT2D eigenvalue weighted by Gasteiger charge is -2.32. The van der Waals surface area contributed by atoms with Crippen molar-refractivity contribution in [3.05, 3.63) is 35.9 Å². The fourth-order valence-electron chi connectivity index (χ4n) is 6.87. The highest BCUT2D eigenvalue weighted by molar-refractivity contribution is 5.98. The molecule has 0 saturated carbocycles. The molecule has 64 heavy (non-hydrogen) atoms. The molecule has 21 heteroatoms. The monoisotopic (exact) mass is 905 g/mol. The maximum absolute atomic E-state index is 13.9. The minimum atomic E-state index is -2.13. The van der Waals surface area contributed by atoms with E-state index in [1.807, 2.05) is 58.0 Å². The fourth-order valence-corrected chi connectivity index (χ4v) is 6.87. The van der Waals surface area contributed by atoms with Gasteiger partial charge in [0.05, 0.1) is 12.6 Å². The molecular formula is C43H72N10O11. The number of hydrogen-bond acceptors (Lipinski definition) is 14. The normalized spacial score (nSPS) is 22.2. The molecule has 7 amide bonds. The lowest BCUT2D eigenvalue weighted by atomic mass is 10.00. The standard InChI is InChI=1S/C43H72N10O11/c1-22(2)17-29-40(60)51-31(19-24(5)6)43(63)64-34(35(46)55)33(42(62)47-25(7)36(56)49-29)53-41(61)32(21-54)52-38(58)28(15-11-12-16-44)48-39(59)30(18-23(3)4)50-37(57)27(45)20-26-13-9-8-10-14-26/h8-10,13-14,22-25,27-35,54-55H,11-12,15-21,44-46H2,1-7H3,(H,47,62)(H,48,59)(H,49,56)(H,50,57)(H,51,60)(H,52,58)(H,53,61)/t25-,27-,28+,29+,30-,31-,32-,33+,34-,35?/m1/s1. The highest BCUT2D eigenvalue weighted by Gasteiger charge is 2.42. The van der Waals surface area contributed by atoms with E-state index in [1.165, 1.54) is 6.92 Å². The molecule has 0 radical (unpaired) electrons. The first-order valence-electron chi connectivity index (χ1n) is 21.9. The third-order valence-corrected chi connectivity index (χ3v) is 10.3. The molecular weight excluding hydrogens is 833 g/mol. The summed E-state index contributed by atoms with van der Waals surface area (Å²) in [5.41, 5.74) is 18.5. The van der Waals surface area contributed by atoms with Gasteiger partial charge in [0.2, 0.25) is 41.4 Å². The first-order chi connectivity index (χ1) is 30.1. The SMILES string of the molecule is CC(C)C[C@@H]1NC(=O)[C@@H](C)NC(=O)[C@@H](NC(=O)[C@@H](CO)NC(=O)[C@H](CCCCN)NC(=O)[C@@H](CC(C)C)NC(=O)[C@H](N)Cc2ccccc2)[C@H](C(N)O)OC(=O)[C@@H](CC(C)C)NC1=O. The number of carbonyl (C=O) groups is 8. The van der Waals surface area contributed by atoms with Crippen molar-refractivity contribution in [3.63, 3.8) is 0 Å². The Labute approximate surface area is 375 Å². The first kappa shape index (κ1) is 54.9. The molecule has 1 aliphatic heterocycles. The third kappa shape index (κ3) is 18.5. The van der Waals surface area contributed by atoms with E-state index in [9.17, 15) is 48.6 Å². The summed E-state index contributed by atoms with van der Waals surface area (Å²) in [4.78, 5) is 109. The Kier molecular flexibility index (Phi) is 23.3. The molecule has 0 aromatic heterocycles. The van der Waals surface area contributed by atoms with Crippen LogP contribution in [0.4, 0.5) is 0 Å². The van der Waals surface area contributed by atoms with Crippen LogP contribution in [0.15, 0.2) is 30.3 Å². The Bertz CT molecular complexity index is 1710. The molecule has 1 saturated heterocycles. The Morgan fingerprint density at radius 1 is 0.719 bits per heavy atom. The number of aliphatic hydroxyl groups excluding tert-OH is 2. The van der Waals surface area contributed by atoms with E-state index in [2.05, 4.69) is 37.2 Å². The molecule has 15 N–H and O–H groups in total. The number of unbranched alkanes of at least 4 members (excludes halogenated alkanes) is 1. The summed E-state index contributed by atoms with van der Waals surface area (Å²) in [5.74, 6) is -7.55. The Morgan fingerprint density at radius 2 is 1.28 bits per heavy atom. The summed E-state index contributed by atoms with van der Waals surface area (Å²) in [6, 6.07) is -1.97. The number of aliphatic hydroxyl groups is 2. The van der Waals surface area contributed by atoms with Crippen LogP contribution in [-0.4, -0.2) is 131 Å². The molecule has 1 fully saturated rings. The van der Waals surface area contributed by atoms with Crippen molar-refractivity contribution in [1.29, 1.82) is 0 Å². The Morgan fingerprint density at radius 3 is 1.84 bits per heavy atom. The molecule has 360 valence electrons. The van der Waals surface area contributed by atoms with Crippen molar-refractivity contribution >= 4 is 47.3 Å². The van der Waals surface area contributed by atoms with E-state index >= 15 is 0 Å². The highest BCUT2D eigenvalue weighted by Crippen LogP contribution is 2.15. The zero-order valence-electron chi connectivity index (χ0n) is 38.1. The van der Waals surface area contributed by atoms with Crippen LogP contribution in [-0.2, 0) is 49.5 Å². The highest BCUT2D eigenvalue weighted by atomic mass is 16.6. The minimum absolute atomic E-state index is 0.0267. The second kappa shape index (κ2) is 27.2. The topological polar surface area (TPSA) is 349 Å². The van der Waals surface area contributed by atoms with Gasteiger partial charge in [-0.25, -0.2) is 4.79 Å². The molecule has 21 nitrogen and oxygen atoms in total. The van der Waals surface area contributed by atoms with Gasteiger partial charge in [0, 0.05) is 0 Å². The summed E-state index contributed by atoms with van der Waals surface area (Å²) >= 11 is 0. The summed E-state index contributed by atoms with van der Waals surface area (Å²) < 4.78 is 5.55. The van der Waals surface area contributed by atoms with Gasteiger partial charge in [-0.05, 0) is 81.7 Å². The second-order valence-electron chi connectivity index (χ2n) is 17.6. The summed E-state index contributed by atoms with van der Waals surface area (Å²) in [7, 11) is 0. The molecule has 0 bridgehead atoms. The van der Waals surface area contributed by atoms with Crippen LogP contribution in [0.25, 0.3) is 0 Å². The van der Waals surface area contributed by atoms with E-state index in [4.69, 9.17) is 21.9 Å². The van der Waals surface area contributed by atoms with Gasteiger partial charge in [0.25, 0.3) is 0 Å². The number of ether oxygens (including phenoxy) is 1. The molecule has 1 aromatic rings. The van der Waals surface area contributed by atoms with Crippen LogP contribution in [0.3, 0.4) is 0 Å². The van der Waals surface area contributed by atoms with Crippen LogP contribution in [0.1, 0.15) is 92.6 Å². The number of esters is 1. The zero-order valence-corrected chi connectivity index (χ0v) is 38.1. The van der Waals surface area contributed by atoms with Gasteiger partial charge >= 0.3 is 5.97 Å². The van der Waals surface area contributed by atoms with Crippen molar-refractivity contribution in [2.45, 2.75) is 154 Å². The third-order valence-electron chi connectivity index (χ3n) is 10.3. The van der Waals surface area contributed by atoms with Gasteiger partial charge in [0.1, 0.15) is 48.5 Å². The largest absolute Gasteiger partial charge is 0.454 e. The van der Waals surface area contributed by atoms with Crippen molar-refractivity contribution in [1.82, 2.24) is 37.2 Å². The van der Waals surface area contributed by atoms with E-state index < -0.39 is 115 Å². The van der Waals surface area contributed by atoms with Crippen LogP contribution < -0.4 is 54.4 Å². The van der Waals surface area contributed by atoms with Gasteiger partial charge in [-0.2, -0.15) is 0 Å². The average molecular weight is 905 g/mol. The van der Waals surface area contributed by atoms with Crippen molar-refractivity contribution in [2.24, 2.45) is 35.0 Å². The summed E-state index contributed by atoms with van der Waals surface area (Å²) in [5, 5.41) is 38.6. The minimum Gasteiger partial charge on any atom is -0.454 e. The number of benzene rings is 1. The lowest BCUT2D eigenvalue weighted by molar-refractivity contribution is -0.164. The number of cyclic esters (lactones) is 1. The van der Waals surface area contributed by atoms with Crippen LogP contribution >= 0.6 is 0 Å². The Hall–Kier alpha value is -5.22.